The maximum absolute atomic E-state index is 13.3. The van der Waals surface area contributed by atoms with E-state index in [1.54, 1.807) is 4.68 Å². The van der Waals surface area contributed by atoms with Gasteiger partial charge in [-0.05, 0) is 23.8 Å². The van der Waals surface area contributed by atoms with Crippen LogP contribution in [0.3, 0.4) is 0 Å². The number of hydrogen-bond acceptors (Lipinski definition) is 5. The van der Waals surface area contributed by atoms with E-state index in [1.807, 2.05) is 60.7 Å². The predicted octanol–water partition coefficient (Wildman–Crippen LogP) is 5.36. The lowest BCUT2D eigenvalue weighted by Gasteiger charge is -2.33. The Hall–Kier alpha value is -3.79. The standard InChI is InChI=1S/C24H18F3N5OS/c25-24(26,27)17-12-7-13-18(14-17)28-22(33)20-19(15-8-3-1-4-9-15)31-32-21(29-30-23(32)34-20)16-10-5-2-6-11-16/h1-14,19-20,31H,(H,28,33)/t19-,20-/m0/s1. The number of amides is 1. The summed E-state index contributed by atoms with van der Waals surface area (Å²) in [5.74, 6) is 0.155. The number of carbonyl (C=O) groups excluding carboxylic acids is 1. The Morgan fingerprint density at radius 3 is 2.35 bits per heavy atom. The Kier molecular flexibility index (Phi) is 5.74. The fourth-order valence-electron chi connectivity index (χ4n) is 3.73. The first-order chi connectivity index (χ1) is 16.4. The van der Waals surface area contributed by atoms with E-state index in [-0.39, 0.29) is 5.69 Å². The molecule has 4 aromatic rings. The van der Waals surface area contributed by atoms with Crippen molar-refractivity contribution in [2.75, 3.05) is 10.7 Å². The fraction of sp³-hybridized carbons (Fsp3) is 0.125. The van der Waals surface area contributed by atoms with Gasteiger partial charge in [-0.25, -0.2) is 4.68 Å². The molecule has 1 aliphatic rings. The molecule has 0 saturated heterocycles. The molecule has 172 valence electrons. The molecule has 10 heteroatoms. The number of benzene rings is 3. The first kappa shape index (κ1) is 22.0. The van der Waals surface area contributed by atoms with Gasteiger partial charge in [-0.3, -0.25) is 4.79 Å². The molecule has 0 bridgehead atoms. The number of carbonyl (C=O) groups is 1. The molecule has 1 aromatic heterocycles. The number of alkyl halides is 3. The van der Waals surface area contributed by atoms with Gasteiger partial charge in [0.25, 0.3) is 0 Å². The minimum absolute atomic E-state index is 0.0734. The molecule has 1 amide bonds. The second-order valence-corrected chi connectivity index (χ2v) is 8.74. The number of nitrogens with one attached hydrogen (secondary N) is 2. The molecule has 2 heterocycles. The average Bonchev–Trinajstić information content (AvgIpc) is 3.27. The lowest BCUT2D eigenvalue weighted by molar-refractivity contribution is -0.137. The SMILES string of the molecule is O=C(Nc1cccc(C(F)(F)F)c1)[C@H]1Sc2nnc(-c3ccccc3)n2N[C@H]1c1ccccc1. The highest BCUT2D eigenvalue weighted by atomic mass is 32.2. The van der Waals surface area contributed by atoms with Crippen molar-refractivity contribution >= 4 is 23.4 Å². The summed E-state index contributed by atoms with van der Waals surface area (Å²) in [6, 6.07) is 23.0. The van der Waals surface area contributed by atoms with E-state index >= 15 is 0 Å². The third kappa shape index (κ3) is 4.36. The molecule has 1 aliphatic heterocycles. The van der Waals surface area contributed by atoms with E-state index < -0.39 is 28.9 Å². The number of nitrogens with zero attached hydrogens (tertiary/aromatic N) is 3. The first-order valence-electron chi connectivity index (χ1n) is 10.4. The Balaban J connectivity index is 1.48. The minimum atomic E-state index is -4.50. The molecule has 0 unspecified atom stereocenters. The largest absolute Gasteiger partial charge is 0.416 e. The number of aromatic nitrogens is 3. The van der Waals surface area contributed by atoms with Crippen LogP contribution in [0.4, 0.5) is 18.9 Å². The zero-order chi connectivity index (χ0) is 23.7. The van der Waals surface area contributed by atoms with Gasteiger partial charge in [0.05, 0.1) is 11.6 Å². The summed E-state index contributed by atoms with van der Waals surface area (Å²) < 4.78 is 41.1. The molecule has 6 nitrogen and oxygen atoms in total. The maximum atomic E-state index is 13.3. The van der Waals surface area contributed by atoms with Crippen molar-refractivity contribution in [3.8, 4) is 11.4 Å². The van der Waals surface area contributed by atoms with Gasteiger partial charge in [0.15, 0.2) is 5.82 Å². The van der Waals surface area contributed by atoms with Crippen LogP contribution >= 0.6 is 11.8 Å². The number of thioether (sulfide) groups is 1. The molecule has 34 heavy (non-hydrogen) atoms. The van der Waals surface area contributed by atoms with Crippen LogP contribution in [0.2, 0.25) is 0 Å². The van der Waals surface area contributed by atoms with Crippen LogP contribution in [0.15, 0.2) is 90.1 Å². The monoisotopic (exact) mass is 481 g/mol. The van der Waals surface area contributed by atoms with Gasteiger partial charge in [-0.1, -0.05) is 78.5 Å². The van der Waals surface area contributed by atoms with Crippen molar-refractivity contribution in [2.45, 2.75) is 22.6 Å². The molecule has 0 aliphatic carbocycles. The average molecular weight is 482 g/mol. The van der Waals surface area contributed by atoms with Crippen molar-refractivity contribution in [2.24, 2.45) is 0 Å². The second-order valence-electron chi connectivity index (χ2n) is 7.63. The molecular weight excluding hydrogens is 463 g/mol. The van der Waals surface area contributed by atoms with Gasteiger partial charge in [0.1, 0.15) is 5.25 Å². The molecule has 0 saturated carbocycles. The zero-order valence-corrected chi connectivity index (χ0v) is 18.3. The van der Waals surface area contributed by atoms with Crippen molar-refractivity contribution in [1.82, 2.24) is 14.9 Å². The van der Waals surface area contributed by atoms with Crippen LogP contribution in [-0.2, 0) is 11.0 Å². The molecule has 2 N–H and O–H groups in total. The van der Waals surface area contributed by atoms with E-state index in [9.17, 15) is 18.0 Å². The van der Waals surface area contributed by atoms with Gasteiger partial charge in [0.2, 0.25) is 11.1 Å². The van der Waals surface area contributed by atoms with Gasteiger partial charge < -0.3 is 10.7 Å². The third-order valence-corrected chi connectivity index (χ3v) is 6.56. The fourth-order valence-corrected chi connectivity index (χ4v) is 4.81. The third-order valence-electron chi connectivity index (χ3n) is 5.34. The van der Waals surface area contributed by atoms with Crippen molar-refractivity contribution < 1.29 is 18.0 Å². The van der Waals surface area contributed by atoms with Crippen LogP contribution in [0.25, 0.3) is 11.4 Å². The summed E-state index contributed by atoms with van der Waals surface area (Å²) in [5.41, 5.74) is 4.29. The number of hydrogen-bond donors (Lipinski definition) is 2. The van der Waals surface area contributed by atoms with Gasteiger partial charge in [0, 0.05) is 11.3 Å². The van der Waals surface area contributed by atoms with Crippen LogP contribution in [0, 0.1) is 0 Å². The highest BCUT2D eigenvalue weighted by molar-refractivity contribution is 8.00. The van der Waals surface area contributed by atoms with Crippen LogP contribution in [0.5, 0.6) is 0 Å². The Labute approximate surface area is 197 Å². The first-order valence-corrected chi connectivity index (χ1v) is 11.3. The van der Waals surface area contributed by atoms with Crippen LogP contribution in [-0.4, -0.2) is 26.0 Å². The molecule has 5 rings (SSSR count). The number of fused-ring (bicyclic) bond motifs is 1. The summed E-state index contributed by atoms with van der Waals surface area (Å²) >= 11 is 1.21. The Bertz CT molecular complexity index is 1310. The van der Waals surface area contributed by atoms with Crippen molar-refractivity contribution in [1.29, 1.82) is 0 Å². The van der Waals surface area contributed by atoms with Crippen LogP contribution < -0.4 is 10.7 Å². The molecule has 0 fully saturated rings. The highest BCUT2D eigenvalue weighted by Gasteiger charge is 2.38. The van der Waals surface area contributed by atoms with Crippen molar-refractivity contribution in [3.63, 3.8) is 0 Å². The number of rotatable bonds is 4. The Morgan fingerprint density at radius 2 is 1.65 bits per heavy atom. The maximum Gasteiger partial charge on any atom is 0.416 e. The second kappa shape index (κ2) is 8.86. The molecule has 2 atom stereocenters. The van der Waals surface area contributed by atoms with E-state index in [0.717, 1.165) is 23.3 Å². The topological polar surface area (TPSA) is 71.8 Å². The van der Waals surface area contributed by atoms with Gasteiger partial charge in [-0.15, -0.1) is 10.2 Å². The molecule has 0 spiro atoms. The van der Waals surface area contributed by atoms with E-state index in [1.165, 1.54) is 23.9 Å². The van der Waals surface area contributed by atoms with Crippen molar-refractivity contribution in [3.05, 3.63) is 96.1 Å². The predicted molar refractivity (Wildman–Crippen MR) is 124 cm³/mol. The summed E-state index contributed by atoms with van der Waals surface area (Å²) in [6.45, 7) is 0. The quantitative estimate of drug-likeness (QED) is 0.411. The highest BCUT2D eigenvalue weighted by Crippen LogP contribution is 2.39. The lowest BCUT2D eigenvalue weighted by atomic mass is 10.0. The minimum Gasteiger partial charge on any atom is -0.325 e. The number of halogens is 3. The van der Waals surface area contributed by atoms with Crippen LogP contribution in [0.1, 0.15) is 17.2 Å². The normalized spacial score (nSPS) is 17.5. The summed E-state index contributed by atoms with van der Waals surface area (Å²) in [7, 11) is 0. The van der Waals surface area contributed by atoms with Gasteiger partial charge in [-0.2, -0.15) is 13.2 Å². The number of anilines is 1. The van der Waals surface area contributed by atoms with E-state index in [4.69, 9.17) is 0 Å². The smallest absolute Gasteiger partial charge is 0.325 e. The summed E-state index contributed by atoms with van der Waals surface area (Å²) in [6.07, 6.45) is -4.50. The molecule has 3 aromatic carbocycles. The van der Waals surface area contributed by atoms with Gasteiger partial charge >= 0.3 is 6.18 Å². The molecular formula is C24H18F3N5OS. The molecule has 0 radical (unpaired) electrons. The lowest BCUT2D eigenvalue weighted by Crippen LogP contribution is -2.41. The summed E-state index contributed by atoms with van der Waals surface area (Å²) in [4.78, 5) is 13.3. The Morgan fingerprint density at radius 1 is 0.941 bits per heavy atom. The van der Waals surface area contributed by atoms with E-state index in [2.05, 4.69) is 20.9 Å². The summed E-state index contributed by atoms with van der Waals surface area (Å²) in [5, 5.41) is 10.9. The van der Waals surface area contributed by atoms with E-state index in [0.29, 0.717) is 11.0 Å². The zero-order valence-electron chi connectivity index (χ0n) is 17.5.